The summed E-state index contributed by atoms with van der Waals surface area (Å²) in [6, 6.07) is 0. The van der Waals surface area contributed by atoms with Crippen molar-refractivity contribution in [3.8, 4) is 0 Å². The van der Waals surface area contributed by atoms with Crippen molar-refractivity contribution in [1.82, 2.24) is 9.97 Å². The molecule has 78 valence electrons. The van der Waals surface area contributed by atoms with Crippen molar-refractivity contribution in [2.24, 2.45) is 0 Å². The van der Waals surface area contributed by atoms with Crippen LogP contribution in [0.15, 0.2) is 5.16 Å². The van der Waals surface area contributed by atoms with Crippen molar-refractivity contribution < 1.29 is 8.42 Å². The molecule has 0 radical (unpaired) electrons. The van der Waals surface area contributed by atoms with E-state index in [1.807, 2.05) is 0 Å². The van der Waals surface area contributed by atoms with Gasteiger partial charge in [0.15, 0.2) is 0 Å². The summed E-state index contributed by atoms with van der Waals surface area (Å²) >= 11 is 2.21. The largest absolute Gasteiger partial charge is 0.247 e. The third-order valence-electron chi connectivity index (χ3n) is 1.87. The van der Waals surface area contributed by atoms with Crippen LogP contribution >= 0.6 is 22.6 Å². The maximum Gasteiger partial charge on any atom is 0.247 e. The van der Waals surface area contributed by atoms with E-state index in [-0.39, 0.29) is 5.16 Å². The molecule has 4 nitrogen and oxygen atoms in total. The van der Waals surface area contributed by atoms with Gasteiger partial charge in [-0.3, -0.25) is 0 Å². The van der Waals surface area contributed by atoms with Gasteiger partial charge in [0, 0.05) is 27.6 Å². The lowest BCUT2D eigenvalue weighted by molar-refractivity contribution is 0.591. The fraction of sp³-hybridized carbons (Fsp3) is 0.500. The maximum absolute atomic E-state index is 11.2. The van der Waals surface area contributed by atoms with Crippen LogP contribution in [0.5, 0.6) is 0 Å². The van der Waals surface area contributed by atoms with E-state index in [4.69, 9.17) is 0 Å². The van der Waals surface area contributed by atoms with Crippen molar-refractivity contribution in [3.63, 3.8) is 0 Å². The Kier molecular flexibility index (Phi) is 3.46. The average Bonchev–Trinajstić information content (AvgIpc) is 2.01. The summed E-state index contributed by atoms with van der Waals surface area (Å²) in [5.74, 6) is 0. The molecule has 0 fully saturated rings. The molecule has 6 heteroatoms. The zero-order valence-corrected chi connectivity index (χ0v) is 11.2. The summed E-state index contributed by atoms with van der Waals surface area (Å²) in [6.45, 7) is 3.61. The molecule has 0 atom stereocenters. The zero-order valence-electron chi connectivity index (χ0n) is 8.20. The number of nitrogens with zero attached hydrogens (tertiary/aromatic N) is 2. The van der Waals surface area contributed by atoms with Crippen LogP contribution in [0.3, 0.4) is 0 Å². The first-order valence-corrected chi connectivity index (χ1v) is 7.38. The van der Waals surface area contributed by atoms with E-state index in [0.717, 1.165) is 27.6 Å². The zero-order chi connectivity index (χ0) is 10.9. The lowest BCUT2D eigenvalue weighted by Crippen LogP contribution is -2.09. The predicted octanol–water partition coefficient (Wildman–Crippen LogP) is 1.43. The summed E-state index contributed by atoms with van der Waals surface area (Å²) in [4.78, 5) is 7.94. The smallest absolute Gasteiger partial charge is 0.223 e. The van der Waals surface area contributed by atoms with Crippen LogP contribution in [0, 0.1) is 13.8 Å². The van der Waals surface area contributed by atoms with Gasteiger partial charge in [-0.25, -0.2) is 18.4 Å². The lowest BCUT2D eigenvalue weighted by Gasteiger charge is -2.06. The van der Waals surface area contributed by atoms with Gasteiger partial charge in [-0.05, 0) is 13.8 Å². The Balaban J connectivity index is 3.43. The van der Waals surface area contributed by atoms with E-state index in [2.05, 4.69) is 32.6 Å². The van der Waals surface area contributed by atoms with Crippen molar-refractivity contribution in [3.05, 3.63) is 17.0 Å². The minimum absolute atomic E-state index is 0.0823. The van der Waals surface area contributed by atoms with Gasteiger partial charge in [-0.15, -0.1) is 0 Å². The molecule has 1 rings (SSSR count). The molecule has 0 spiro atoms. The lowest BCUT2D eigenvalue weighted by atomic mass is 10.2. The summed E-state index contributed by atoms with van der Waals surface area (Å²) in [5, 5.41) is -0.0823. The quantitative estimate of drug-likeness (QED) is 0.469. The minimum atomic E-state index is -3.30. The van der Waals surface area contributed by atoms with E-state index in [9.17, 15) is 8.42 Å². The van der Waals surface area contributed by atoms with Gasteiger partial charge in [0.2, 0.25) is 15.0 Å². The SMILES string of the molecule is Cc1nc(S(C)(=O)=O)nc(C)c1CI. The summed E-state index contributed by atoms with van der Waals surface area (Å²) < 4.78 is 23.2. The van der Waals surface area contributed by atoms with Crippen LogP contribution in [0.1, 0.15) is 17.0 Å². The van der Waals surface area contributed by atoms with E-state index >= 15 is 0 Å². The first-order valence-electron chi connectivity index (χ1n) is 3.96. The topological polar surface area (TPSA) is 59.9 Å². The molecule has 0 unspecified atom stereocenters. The van der Waals surface area contributed by atoms with Crippen LogP contribution < -0.4 is 0 Å². The fourth-order valence-electron chi connectivity index (χ4n) is 1.07. The van der Waals surface area contributed by atoms with Gasteiger partial charge in [-0.2, -0.15) is 0 Å². The van der Waals surface area contributed by atoms with Crippen LogP contribution in [0.25, 0.3) is 0 Å². The highest BCUT2D eigenvalue weighted by Crippen LogP contribution is 2.15. The molecule has 0 amide bonds. The Hall–Kier alpha value is -0.240. The molecule has 0 aliphatic carbocycles. The molecule has 0 N–H and O–H groups in total. The van der Waals surface area contributed by atoms with Gasteiger partial charge >= 0.3 is 0 Å². The number of sulfone groups is 1. The average molecular weight is 326 g/mol. The molecule has 0 aromatic carbocycles. The monoisotopic (exact) mass is 326 g/mol. The third kappa shape index (κ3) is 2.41. The van der Waals surface area contributed by atoms with Crippen molar-refractivity contribution in [1.29, 1.82) is 0 Å². The van der Waals surface area contributed by atoms with Gasteiger partial charge in [0.05, 0.1) is 0 Å². The standard InChI is InChI=1S/C8H11IN2O2S/c1-5-7(4-9)6(2)11-8(10-5)14(3,12)13/h4H2,1-3H3. The molecule has 0 saturated carbocycles. The highest BCUT2D eigenvalue weighted by atomic mass is 127. The molecule has 0 aliphatic heterocycles. The van der Waals surface area contributed by atoms with Crippen molar-refractivity contribution >= 4 is 32.4 Å². The summed E-state index contributed by atoms with van der Waals surface area (Å²) in [6.07, 6.45) is 1.12. The highest BCUT2D eigenvalue weighted by Gasteiger charge is 2.14. The first kappa shape index (κ1) is 11.8. The predicted molar refractivity (Wildman–Crippen MR) is 62.3 cm³/mol. The molecular weight excluding hydrogens is 315 g/mol. The Bertz CT molecular complexity index is 433. The second kappa shape index (κ2) is 4.09. The molecule has 14 heavy (non-hydrogen) atoms. The highest BCUT2D eigenvalue weighted by molar-refractivity contribution is 14.1. The van der Waals surface area contributed by atoms with Crippen molar-refractivity contribution in [2.45, 2.75) is 23.4 Å². The van der Waals surface area contributed by atoms with E-state index in [1.54, 1.807) is 13.8 Å². The molecule has 1 heterocycles. The number of aromatic nitrogens is 2. The number of hydrogen-bond donors (Lipinski definition) is 0. The van der Waals surface area contributed by atoms with E-state index < -0.39 is 9.84 Å². The normalized spacial score (nSPS) is 11.7. The molecule has 0 saturated heterocycles. The Morgan fingerprint density at radius 1 is 1.21 bits per heavy atom. The number of halogens is 1. The molecule has 0 bridgehead atoms. The molecule has 1 aromatic heterocycles. The second-order valence-corrected chi connectivity index (χ2v) is 5.73. The van der Waals surface area contributed by atoms with Gasteiger partial charge in [0.1, 0.15) is 0 Å². The first-order chi connectivity index (χ1) is 6.36. The molecule has 0 aliphatic rings. The maximum atomic E-state index is 11.2. The van der Waals surface area contributed by atoms with E-state index in [0.29, 0.717) is 0 Å². The fourth-order valence-corrected chi connectivity index (χ4v) is 2.78. The number of hydrogen-bond acceptors (Lipinski definition) is 4. The third-order valence-corrected chi connectivity index (χ3v) is 3.47. The molecular formula is C8H11IN2O2S. The summed E-state index contributed by atoms with van der Waals surface area (Å²) in [5.41, 5.74) is 2.50. The van der Waals surface area contributed by atoms with Gasteiger partial charge < -0.3 is 0 Å². The molecule has 1 aromatic rings. The van der Waals surface area contributed by atoms with Crippen LogP contribution in [-0.2, 0) is 14.3 Å². The van der Waals surface area contributed by atoms with Crippen molar-refractivity contribution in [2.75, 3.05) is 6.26 Å². The van der Waals surface area contributed by atoms with Crippen LogP contribution in [0.4, 0.5) is 0 Å². The number of rotatable bonds is 2. The minimum Gasteiger partial charge on any atom is -0.223 e. The number of alkyl halides is 1. The Morgan fingerprint density at radius 3 is 1.93 bits per heavy atom. The summed E-state index contributed by atoms with van der Waals surface area (Å²) in [7, 11) is -3.30. The van der Waals surface area contributed by atoms with Crippen LogP contribution in [-0.4, -0.2) is 24.6 Å². The second-order valence-electron chi connectivity index (χ2n) is 3.06. The Labute approximate surface area is 97.2 Å². The number of aryl methyl sites for hydroxylation is 2. The van der Waals surface area contributed by atoms with Crippen LogP contribution in [0.2, 0.25) is 0 Å². The van der Waals surface area contributed by atoms with E-state index in [1.165, 1.54) is 0 Å². The van der Waals surface area contributed by atoms with Gasteiger partial charge in [-0.1, -0.05) is 22.6 Å². The Morgan fingerprint density at radius 2 is 1.64 bits per heavy atom. The van der Waals surface area contributed by atoms with Gasteiger partial charge in [0.25, 0.3) is 0 Å².